The summed E-state index contributed by atoms with van der Waals surface area (Å²) in [6.45, 7) is 5.06. The average Bonchev–Trinajstić information content (AvgIpc) is 2.87. The Bertz CT molecular complexity index is 557. The molecule has 2 fully saturated rings. The molecule has 4 rings (SSSR count). The second kappa shape index (κ2) is 8.09. The largest absolute Gasteiger partial charge is 0.496 e. The minimum absolute atomic E-state index is 0.553. The van der Waals surface area contributed by atoms with Crippen LogP contribution in [0.15, 0.2) is 18.2 Å². The summed E-state index contributed by atoms with van der Waals surface area (Å²) in [4.78, 5) is 5.55. The molecular weight excluding hydrogens is 308 g/mol. The minimum Gasteiger partial charge on any atom is -0.496 e. The SMILES string of the molecule is COc1cccc2c1C(N1CCCCCC1)CC2N1CCCCCC1. The van der Waals surface area contributed by atoms with E-state index in [9.17, 15) is 0 Å². The van der Waals surface area contributed by atoms with Crippen molar-refractivity contribution in [3.05, 3.63) is 29.3 Å². The molecule has 2 atom stereocenters. The van der Waals surface area contributed by atoms with Crippen LogP contribution in [0, 0.1) is 0 Å². The van der Waals surface area contributed by atoms with Gasteiger partial charge in [-0.25, -0.2) is 0 Å². The second-order valence-corrected chi connectivity index (χ2v) is 8.13. The molecule has 2 unspecified atom stereocenters. The number of hydrogen-bond acceptors (Lipinski definition) is 3. The van der Waals surface area contributed by atoms with E-state index in [1.54, 1.807) is 5.56 Å². The Morgan fingerprint density at radius 3 is 1.88 bits per heavy atom. The van der Waals surface area contributed by atoms with Gasteiger partial charge in [0.25, 0.3) is 0 Å². The average molecular weight is 343 g/mol. The number of nitrogens with zero attached hydrogens (tertiary/aromatic N) is 2. The topological polar surface area (TPSA) is 15.7 Å². The summed E-state index contributed by atoms with van der Waals surface area (Å²) in [5.41, 5.74) is 3.05. The zero-order valence-electron chi connectivity index (χ0n) is 15.9. The van der Waals surface area contributed by atoms with Crippen molar-refractivity contribution in [1.29, 1.82) is 0 Å². The molecule has 138 valence electrons. The Kier molecular flexibility index (Phi) is 5.62. The van der Waals surface area contributed by atoms with E-state index < -0.39 is 0 Å². The van der Waals surface area contributed by atoms with Crippen LogP contribution >= 0.6 is 0 Å². The van der Waals surface area contributed by atoms with Gasteiger partial charge in [-0.1, -0.05) is 37.8 Å². The van der Waals surface area contributed by atoms with Crippen molar-refractivity contribution in [1.82, 2.24) is 9.80 Å². The van der Waals surface area contributed by atoms with Gasteiger partial charge in [-0.15, -0.1) is 0 Å². The molecular formula is C22H34N2O. The zero-order chi connectivity index (χ0) is 17.1. The summed E-state index contributed by atoms with van der Waals surface area (Å²) in [6.07, 6.45) is 12.3. The van der Waals surface area contributed by atoms with Crippen molar-refractivity contribution in [2.24, 2.45) is 0 Å². The zero-order valence-corrected chi connectivity index (χ0v) is 15.9. The molecule has 3 nitrogen and oxygen atoms in total. The summed E-state index contributed by atoms with van der Waals surface area (Å²) in [5, 5.41) is 0. The quantitative estimate of drug-likeness (QED) is 0.774. The van der Waals surface area contributed by atoms with Gasteiger partial charge >= 0.3 is 0 Å². The van der Waals surface area contributed by atoms with Gasteiger partial charge in [-0.3, -0.25) is 9.80 Å². The highest BCUT2D eigenvalue weighted by molar-refractivity contribution is 5.48. The summed E-state index contributed by atoms with van der Waals surface area (Å²) in [7, 11) is 1.84. The molecule has 2 heterocycles. The van der Waals surface area contributed by atoms with Gasteiger partial charge in [-0.2, -0.15) is 0 Å². The number of ether oxygens (including phenoxy) is 1. The van der Waals surface area contributed by atoms with E-state index in [1.807, 2.05) is 7.11 Å². The fraction of sp³-hybridized carbons (Fsp3) is 0.727. The molecule has 0 radical (unpaired) electrons. The van der Waals surface area contributed by atoms with Crippen molar-refractivity contribution < 1.29 is 4.74 Å². The molecule has 3 heteroatoms. The molecule has 25 heavy (non-hydrogen) atoms. The molecule has 0 amide bonds. The van der Waals surface area contributed by atoms with Crippen molar-refractivity contribution in [2.75, 3.05) is 33.3 Å². The molecule has 2 aliphatic heterocycles. The fourth-order valence-electron chi connectivity index (χ4n) is 5.33. The van der Waals surface area contributed by atoms with Crippen molar-refractivity contribution >= 4 is 0 Å². The van der Waals surface area contributed by atoms with E-state index in [1.165, 1.54) is 89.5 Å². The highest BCUT2D eigenvalue weighted by Crippen LogP contribution is 2.49. The molecule has 1 aliphatic carbocycles. The van der Waals surface area contributed by atoms with Gasteiger partial charge in [0.1, 0.15) is 5.75 Å². The minimum atomic E-state index is 0.553. The van der Waals surface area contributed by atoms with Crippen LogP contribution in [-0.4, -0.2) is 43.1 Å². The Labute approximate surface area is 153 Å². The van der Waals surface area contributed by atoms with E-state index in [2.05, 4.69) is 28.0 Å². The van der Waals surface area contributed by atoms with Crippen molar-refractivity contribution in [3.63, 3.8) is 0 Å². The highest BCUT2D eigenvalue weighted by Gasteiger charge is 2.39. The third-order valence-corrected chi connectivity index (χ3v) is 6.62. The Morgan fingerprint density at radius 1 is 0.760 bits per heavy atom. The van der Waals surface area contributed by atoms with E-state index >= 15 is 0 Å². The molecule has 1 aromatic carbocycles. The van der Waals surface area contributed by atoms with Crippen LogP contribution in [0.5, 0.6) is 5.75 Å². The second-order valence-electron chi connectivity index (χ2n) is 8.13. The first-order chi connectivity index (χ1) is 12.4. The van der Waals surface area contributed by atoms with E-state index in [-0.39, 0.29) is 0 Å². The number of likely N-dealkylation sites (tertiary alicyclic amines) is 2. The first kappa shape index (κ1) is 17.4. The third kappa shape index (κ3) is 3.59. The molecule has 0 bridgehead atoms. The van der Waals surface area contributed by atoms with Crippen LogP contribution in [0.3, 0.4) is 0 Å². The number of rotatable bonds is 3. The molecule has 1 aromatic rings. The molecule has 0 aromatic heterocycles. The normalized spacial score (nSPS) is 29.0. The van der Waals surface area contributed by atoms with Gasteiger partial charge in [0.2, 0.25) is 0 Å². The Hall–Kier alpha value is -1.06. The van der Waals surface area contributed by atoms with Crippen LogP contribution in [0.1, 0.15) is 81.0 Å². The monoisotopic (exact) mass is 342 g/mol. The smallest absolute Gasteiger partial charge is 0.123 e. The van der Waals surface area contributed by atoms with Crippen LogP contribution in [0.4, 0.5) is 0 Å². The van der Waals surface area contributed by atoms with Crippen LogP contribution in [0.25, 0.3) is 0 Å². The summed E-state index contributed by atoms with van der Waals surface area (Å²) < 4.78 is 5.82. The van der Waals surface area contributed by atoms with Crippen LogP contribution in [0.2, 0.25) is 0 Å². The summed E-state index contributed by atoms with van der Waals surface area (Å²) in [5.74, 6) is 1.11. The van der Waals surface area contributed by atoms with Gasteiger partial charge in [0.15, 0.2) is 0 Å². The maximum Gasteiger partial charge on any atom is 0.123 e. The first-order valence-electron chi connectivity index (χ1n) is 10.5. The highest BCUT2D eigenvalue weighted by atomic mass is 16.5. The van der Waals surface area contributed by atoms with E-state index in [4.69, 9.17) is 4.74 Å². The lowest BCUT2D eigenvalue weighted by Gasteiger charge is -2.31. The van der Waals surface area contributed by atoms with Crippen molar-refractivity contribution in [2.45, 2.75) is 69.9 Å². The predicted octanol–water partition coefficient (Wildman–Crippen LogP) is 4.93. The molecule has 0 N–H and O–H groups in total. The summed E-state index contributed by atoms with van der Waals surface area (Å²) >= 11 is 0. The number of fused-ring (bicyclic) bond motifs is 1. The third-order valence-electron chi connectivity index (χ3n) is 6.62. The van der Waals surface area contributed by atoms with Gasteiger partial charge in [0, 0.05) is 17.6 Å². The maximum atomic E-state index is 5.82. The Balaban J connectivity index is 1.65. The molecule has 0 saturated carbocycles. The number of benzene rings is 1. The fourth-order valence-corrected chi connectivity index (χ4v) is 5.33. The molecule has 3 aliphatic rings. The molecule has 2 saturated heterocycles. The maximum absolute atomic E-state index is 5.82. The van der Waals surface area contributed by atoms with Gasteiger partial charge < -0.3 is 4.74 Å². The Morgan fingerprint density at radius 2 is 1.32 bits per heavy atom. The predicted molar refractivity (Wildman–Crippen MR) is 103 cm³/mol. The standard InChI is InChI=1S/C22H34N2O/c1-25-21-12-10-11-18-19(23-13-6-2-3-7-14-23)17-20(22(18)21)24-15-8-4-5-9-16-24/h10-12,19-20H,2-9,13-17H2,1H3. The van der Waals surface area contributed by atoms with Gasteiger partial charge in [-0.05, 0) is 69.9 Å². The number of methoxy groups -OCH3 is 1. The van der Waals surface area contributed by atoms with Gasteiger partial charge in [0.05, 0.1) is 7.11 Å². The number of hydrogen-bond donors (Lipinski definition) is 0. The van der Waals surface area contributed by atoms with Crippen LogP contribution in [-0.2, 0) is 0 Å². The lowest BCUT2D eigenvalue weighted by atomic mass is 10.0. The van der Waals surface area contributed by atoms with E-state index in [0.29, 0.717) is 12.1 Å². The lowest BCUT2D eigenvalue weighted by molar-refractivity contribution is 0.147. The van der Waals surface area contributed by atoms with Crippen LogP contribution < -0.4 is 4.74 Å². The van der Waals surface area contributed by atoms with E-state index in [0.717, 1.165) is 5.75 Å². The molecule has 0 spiro atoms. The summed E-state index contributed by atoms with van der Waals surface area (Å²) in [6, 6.07) is 7.90. The van der Waals surface area contributed by atoms with Crippen molar-refractivity contribution in [3.8, 4) is 5.75 Å². The first-order valence-corrected chi connectivity index (χ1v) is 10.5. The lowest BCUT2D eigenvalue weighted by Crippen LogP contribution is -2.31.